The molecule has 0 bridgehead atoms. The van der Waals surface area contributed by atoms with Crippen molar-refractivity contribution in [3.63, 3.8) is 0 Å². The van der Waals surface area contributed by atoms with E-state index in [0.29, 0.717) is 22.7 Å². The molecule has 2 aromatic rings. The molecule has 3 N–H and O–H groups in total. The molecule has 2 aromatic carbocycles. The lowest BCUT2D eigenvalue weighted by atomic mass is 10.0. The number of aromatic carboxylic acids is 1. The van der Waals surface area contributed by atoms with Crippen LogP contribution in [0, 0.1) is 0 Å². The number of anilines is 2. The Balaban J connectivity index is 2.07. The predicted octanol–water partition coefficient (Wildman–Crippen LogP) is 3.25. The molecule has 1 heterocycles. The van der Waals surface area contributed by atoms with E-state index in [2.05, 4.69) is 5.32 Å². The van der Waals surface area contributed by atoms with Crippen LogP contribution in [0.2, 0.25) is 0 Å². The van der Waals surface area contributed by atoms with Crippen LogP contribution >= 0.6 is 0 Å². The molecule has 112 valence electrons. The number of aliphatic carboxylic acids is 1. The fraction of sp³-hybridized carbons (Fsp3) is 0.125. The van der Waals surface area contributed by atoms with Gasteiger partial charge in [0, 0.05) is 6.42 Å². The Morgan fingerprint density at radius 2 is 1.86 bits per heavy atom. The third-order valence-electron chi connectivity index (χ3n) is 3.44. The largest absolute Gasteiger partial charge is 0.481 e. The highest BCUT2D eigenvalue weighted by atomic mass is 16.5. The van der Waals surface area contributed by atoms with Gasteiger partial charge in [-0.3, -0.25) is 4.79 Å². The van der Waals surface area contributed by atoms with Crippen LogP contribution in [0.25, 0.3) is 0 Å². The molecular weight excluding hydrogens is 286 g/mol. The molecule has 0 radical (unpaired) electrons. The van der Waals surface area contributed by atoms with E-state index in [-0.39, 0.29) is 24.2 Å². The third kappa shape index (κ3) is 2.46. The van der Waals surface area contributed by atoms with E-state index in [0.717, 1.165) is 0 Å². The zero-order valence-corrected chi connectivity index (χ0v) is 11.5. The van der Waals surface area contributed by atoms with Crippen LogP contribution in [-0.4, -0.2) is 22.2 Å². The number of fused-ring (bicyclic) bond motifs is 2. The normalized spacial score (nSPS) is 11.6. The summed E-state index contributed by atoms with van der Waals surface area (Å²) < 4.78 is 5.73. The average molecular weight is 299 g/mol. The van der Waals surface area contributed by atoms with Crippen molar-refractivity contribution in [3.05, 3.63) is 47.5 Å². The minimum atomic E-state index is -1.10. The SMILES string of the molecule is O=C(O)CCc1ccc(C(=O)O)c2c1Nc1ccccc1O2. The summed E-state index contributed by atoms with van der Waals surface area (Å²) in [6, 6.07) is 10.2. The summed E-state index contributed by atoms with van der Waals surface area (Å²) in [5, 5.41) is 21.3. The van der Waals surface area contributed by atoms with Crippen molar-refractivity contribution in [1.82, 2.24) is 0 Å². The van der Waals surface area contributed by atoms with Crippen LogP contribution in [0.5, 0.6) is 11.5 Å². The lowest BCUT2D eigenvalue weighted by Crippen LogP contribution is -2.11. The van der Waals surface area contributed by atoms with Gasteiger partial charge in [0.1, 0.15) is 5.56 Å². The van der Waals surface area contributed by atoms with Gasteiger partial charge in [-0.05, 0) is 30.2 Å². The number of hydrogen-bond donors (Lipinski definition) is 3. The van der Waals surface area contributed by atoms with E-state index in [1.165, 1.54) is 6.07 Å². The van der Waals surface area contributed by atoms with Gasteiger partial charge < -0.3 is 20.3 Å². The number of benzene rings is 2. The first-order chi connectivity index (χ1) is 10.6. The first kappa shape index (κ1) is 13.9. The Kier molecular flexibility index (Phi) is 3.42. The van der Waals surface area contributed by atoms with E-state index in [1.54, 1.807) is 18.2 Å². The van der Waals surface area contributed by atoms with E-state index < -0.39 is 11.9 Å². The standard InChI is InChI=1S/C16H13NO5/c18-13(19)8-6-9-5-7-10(16(20)21)15-14(9)17-11-3-1-2-4-12(11)22-15/h1-5,7,17H,6,8H2,(H,18,19)(H,20,21). The van der Waals surface area contributed by atoms with E-state index >= 15 is 0 Å². The Morgan fingerprint density at radius 3 is 2.59 bits per heavy atom. The van der Waals surface area contributed by atoms with Gasteiger partial charge in [-0.25, -0.2) is 4.79 Å². The van der Waals surface area contributed by atoms with Gasteiger partial charge in [0.25, 0.3) is 0 Å². The van der Waals surface area contributed by atoms with Gasteiger partial charge in [0.2, 0.25) is 0 Å². The second-order valence-corrected chi connectivity index (χ2v) is 4.90. The maximum Gasteiger partial charge on any atom is 0.339 e. The summed E-state index contributed by atoms with van der Waals surface area (Å²) in [6.07, 6.45) is 0.248. The predicted molar refractivity (Wildman–Crippen MR) is 79.2 cm³/mol. The van der Waals surface area contributed by atoms with Gasteiger partial charge in [0.05, 0.1) is 11.4 Å². The number of ether oxygens (including phenoxy) is 1. The number of rotatable bonds is 4. The summed E-state index contributed by atoms with van der Waals surface area (Å²) in [5.74, 6) is -1.25. The summed E-state index contributed by atoms with van der Waals surface area (Å²) >= 11 is 0. The van der Waals surface area contributed by atoms with Crippen molar-refractivity contribution >= 4 is 23.3 Å². The van der Waals surface area contributed by atoms with E-state index in [4.69, 9.17) is 9.84 Å². The number of carboxylic acids is 2. The summed E-state index contributed by atoms with van der Waals surface area (Å²) in [4.78, 5) is 22.1. The highest BCUT2D eigenvalue weighted by Gasteiger charge is 2.25. The van der Waals surface area contributed by atoms with Crippen molar-refractivity contribution in [2.24, 2.45) is 0 Å². The summed E-state index contributed by atoms with van der Waals surface area (Å²) in [7, 11) is 0. The minimum Gasteiger partial charge on any atom is -0.481 e. The number of nitrogens with one attached hydrogen (secondary N) is 1. The summed E-state index contributed by atoms with van der Waals surface area (Å²) in [6.45, 7) is 0. The molecule has 0 aliphatic carbocycles. The average Bonchev–Trinajstić information content (AvgIpc) is 2.50. The molecule has 1 aliphatic heterocycles. The second-order valence-electron chi connectivity index (χ2n) is 4.90. The Morgan fingerprint density at radius 1 is 1.09 bits per heavy atom. The van der Waals surface area contributed by atoms with Gasteiger partial charge in [0.15, 0.2) is 11.5 Å². The highest BCUT2D eigenvalue weighted by molar-refractivity contribution is 5.96. The molecule has 0 unspecified atom stereocenters. The Bertz CT molecular complexity index is 769. The maximum absolute atomic E-state index is 11.4. The van der Waals surface area contributed by atoms with E-state index in [1.807, 2.05) is 12.1 Å². The molecule has 6 heteroatoms. The minimum absolute atomic E-state index is 0.0380. The first-order valence-electron chi connectivity index (χ1n) is 6.71. The third-order valence-corrected chi connectivity index (χ3v) is 3.44. The quantitative estimate of drug-likeness (QED) is 0.684. The topological polar surface area (TPSA) is 95.9 Å². The zero-order chi connectivity index (χ0) is 15.7. The highest BCUT2D eigenvalue weighted by Crippen LogP contribution is 2.45. The van der Waals surface area contributed by atoms with Gasteiger partial charge in [-0.15, -0.1) is 0 Å². The second kappa shape index (κ2) is 5.40. The number of para-hydroxylation sites is 2. The van der Waals surface area contributed by atoms with Gasteiger partial charge in [-0.1, -0.05) is 18.2 Å². The first-order valence-corrected chi connectivity index (χ1v) is 6.71. The molecule has 6 nitrogen and oxygen atoms in total. The molecule has 0 amide bonds. The smallest absolute Gasteiger partial charge is 0.339 e. The molecule has 22 heavy (non-hydrogen) atoms. The van der Waals surface area contributed by atoms with Crippen LogP contribution in [-0.2, 0) is 11.2 Å². The van der Waals surface area contributed by atoms with Gasteiger partial charge >= 0.3 is 11.9 Å². The van der Waals surface area contributed by atoms with Crippen molar-refractivity contribution in [3.8, 4) is 11.5 Å². The fourth-order valence-corrected chi connectivity index (χ4v) is 2.39. The molecule has 0 atom stereocenters. The molecule has 0 saturated carbocycles. The van der Waals surface area contributed by atoms with E-state index in [9.17, 15) is 14.7 Å². The van der Waals surface area contributed by atoms with Crippen molar-refractivity contribution in [2.75, 3.05) is 5.32 Å². The van der Waals surface area contributed by atoms with Crippen LogP contribution in [0.1, 0.15) is 22.3 Å². The molecule has 3 rings (SSSR count). The lowest BCUT2D eigenvalue weighted by molar-refractivity contribution is -0.136. The Labute approximate surface area is 126 Å². The van der Waals surface area contributed by atoms with Crippen LogP contribution in [0.4, 0.5) is 11.4 Å². The van der Waals surface area contributed by atoms with Crippen molar-refractivity contribution in [1.29, 1.82) is 0 Å². The molecule has 0 spiro atoms. The number of hydrogen-bond acceptors (Lipinski definition) is 4. The molecule has 1 aliphatic rings. The van der Waals surface area contributed by atoms with Crippen molar-refractivity contribution < 1.29 is 24.5 Å². The summed E-state index contributed by atoms with van der Waals surface area (Å²) in [5.41, 5.74) is 1.97. The number of carboxylic acid groups (broad SMARTS) is 2. The molecule has 0 saturated heterocycles. The lowest BCUT2D eigenvalue weighted by Gasteiger charge is -2.25. The van der Waals surface area contributed by atoms with Crippen LogP contribution in [0.15, 0.2) is 36.4 Å². The Hall–Kier alpha value is -3.02. The fourth-order valence-electron chi connectivity index (χ4n) is 2.39. The molecular formula is C16H13NO5. The van der Waals surface area contributed by atoms with Crippen LogP contribution < -0.4 is 10.1 Å². The molecule has 0 aromatic heterocycles. The maximum atomic E-state index is 11.4. The zero-order valence-electron chi connectivity index (χ0n) is 11.5. The number of carbonyl (C=O) groups is 2. The van der Waals surface area contributed by atoms with Gasteiger partial charge in [-0.2, -0.15) is 0 Å². The van der Waals surface area contributed by atoms with Crippen molar-refractivity contribution in [2.45, 2.75) is 12.8 Å². The monoisotopic (exact) mass is 299 g/mol. The van der Waals surface area contributed by atoms with Crippen LogP contribution in [0.3, 0.4) is 0 Å². The molecule has 0 fully saturated rings. The number of aryl methyl sites for hydroxylation is 1.